The fourth-order valence-corrected chi connectivity index (χ4v) is 5.58. The predicted molar refractivity (Wildman–Crippen MR) is 173 cm³/mol. The van der Waals surface area contributed by atoms with Crippen LogP contribution in [-0.2, 0) is 20.8 Å². The summed E-state index contributed by atoms with van der Waals surface area (Å²) >= 11 is 0. The standard InChI is InChI=1S/C37H48N2O4/c1-7-13-32(36(42)43)31(19-12-15-27-20-22-29(23-21-27)30-18-11-14-25(2)24-30)34(40)39-33(37(4,5)6)35(41)38-26(3)28-16-9-8-10-17-28/h8-11,14,16-18,20-24,26,31-33H,7,12-13,15,19H2,1-6H3,(H,38,41)(H,39,40)(H,42,43)/t26-,31-,32+,33-/m1/s1. The van der Waals surface area contributed by atoms with E-state index in [-0.39, 0.29) is 17.9 Å². The van der Waals surface area contributed by atoms with E-state index in [1.807, 2.05) is 65.0 Å². The number of aryl methyl sites for hydroxylation is 2. The molecule has 3 rings (SSSR count). The van der Waals surface area contributed by atoms with Crippen LogP contribution in [0.3, 0.4) is 0 Å². The quantitative estimate of drug-likeness (QED) is 0.183. The molecule has 43 heavy (non-hydrogen) atoms. The molecule has 0 saturated carbocycles. The monoisotopic (exact) mass is 584 g/mol. The van der Waals surface area contributed by atoms with Crippen LogP contribution in [0.15, 0.2) is 78.9 Å². The van der Waals surface area contributed by atoms with E-state index in [9.17, 15) is 19.5 Å². The van der Waals surface area contributed by atoms with Crippen LogP contribution >= 0.6 is 0 Å². The van der Waals surface area contributed by atoms with Crippen molar-refractivity contribution in [2.45, 2.75) is 85.7 Å². The van der Waals surface area contributed by atoms with Gasteiger partial charge < -0.3 is 15.7 Å². The Labute approximate surface area is 257 Å². The fraction of sp³-hybridized carbons (Fsp3) is 0.432. The number of carboxylic acids is 1. The van der Waals surface area contributed by atoms with Crippen LogP contribution in [0.5, 0.6) is 0 Å². The van der Waals surface area contributed by atoms with E-state index in [2.05, 4.69) is 66.1 Å². The summed E-state index contributed by atoms with van der Waals surface area (Å²) in [5, 5.41) is 16.1. The summed E-state index contributed by atoms with van der Waals surface area (Å²) in [5.41, 5.74) is 5.05. The van der Waals surface area contributed by atoms with Gasteiger partial charge in [-0.2, -0.15) is 0 Å². The second-order valence-electron chi connectivity index (χ2n) is 12.7. The van der Waals surface area contributed by atoms with Crippen molar-refractivity contribution in [2.75, 3.05) is 0 Å². The van der Waals surface area contributed by atoms with Crippen molar-refractivity contribution < 1.29 is 19.5 Å². The molecule has 3 N–H and O–H groups in total. The number of carbonyl (C=O) groups excluding carboxylic acids is 2. The molecule has 0 bridgehead atoms. The molecule has 6 heteroatoms. The molecule has 6 nitrogen and oxygen atoms in total. The third-order valence-electron chi connectivity index (χ3n) is 8.10. The van der Waals surface area contributed by atoms with Crippen molar-refractivity contribution in [1.82, 2.24) is 10.6 Å². The van der Waals surface area contributed by atoms with Gasteiger partial charge in [0.25, 0.3) is 0 Å². The third kappa shape index (κ3) is 9.81. The van der Waals surface area contributed by atoms with Gasteiger partial charge in [0.15, 0.2) is 0 Å². The molecule has 0 spiro atoms. The van der Waals surface area contributed by atoms with Crippen LogP contribution in [0.1, 0.15) is 83.0 Å². The molecule has 2 amide bonds. The molecule has 0 saturated heterocycles. The van der Waals surface area contributed by atoms with E-state index in [0.717, 1.165) is 23.1 Å². The molecule has 0 aliphatic heterocycles. The Kier molecular flexibility index (Phi) is 12.1. The number of amides is 2. The molecule has 0 aliphatic carbocycles. The topological polar surface area (TPSA) is 95.5 Å². The maximum Gasteiger partial charge on any atom is 0.307 e. The Bertz CT molecular complexity index is 1350. The van der Waals surface area contributed by atoms with Crippen molar-refractivity contribution in [3.63, 3.8) is 0 Å². The summed E-state index contributed by atoms with van der Waals surface area (Å²) in [6, 6.07) is 25.4. The van der Waals surface area contributed by atoms with Crippen LogP contribution in [0.4, 0.5) is 0 Å². The molecule has 0 aliphatic rings. The highest BCUT2D eigenvalue weighted by Crippen LogP contribution is 2.28. The van der Waals surface area contributed by atoms with Gasteiger partial charge in [0, 0.05) is 0 Å². The Morgan fingerprint density at radius 3 is 2.05 bits per heavy atom. The summed E-state index contributed by atoms with van der Waals surface area (Å²) in [4.78, 5) is 39.6. The summed E-state index contributed by atoms with van der Waals surface area (Å²) in [6.45, 7) is 11.6. The molecule has 0 radical (unpaired) electrons. The van der Waals surface area contributed by atoms with Gasteiger partial charge in [-0.15, -0.1) is 0 Å². The van der Waals surface area contributed by atoms with Gasteiger partial charge in [0.1, 0.15) is 6.04 Å². The molecule has 0 heterocycles. The van der Waals surface area contributed by atoms with E-state index < -0.39 is 29.3 Å². The maximum atomic E-state index is 13.8. The molecular formula is C37H48N2O4. The highest BCUT2D eigenvalue weighted by Gasteiger charge is 2.38. The smallest absolute Gasteiger partial charge is 0.307 e. The zero-order valence-corrected chi connectivity index (χ0v) is 26.5. The third-order valence-corrected chi connectivity index (χ3v) is 8.10. The van der Waals surface area contributed by atoms with Gasteiger partial charge in [0.2, 0.25) is 11.8 Å². The highest BCUT2D eigenvalue weighted by atomic mass is 16.4. The van der Waals surface area contributed by atoms with Crippen LogP contribution in [0.25, 0.3) is 11.1 Å². The number of hydrogen-bond donors (Lipinski definition) is 3. The van der Waals surface area contributed by atoms with E-state index in [4.69, 9.17) is 0 Å². The molecule has 0 fully saturated rings. The van der Waals surface area contributed by atoms with E-state index in [0.29, 0.717) is 25.7 Å². The van der Waals surface area contributed by atoms with Gasteiger partial charge in [0.05, 0.1) is 17.9 Å². The Balaban J connectivity index is 1.73. The number of hydrogen-bond acceptors (Lipinski definition) is 3. The van der Waals surface area contributed by atoms with Crippen molar-refractivity contribution in [1.29, 1.82) is 0 Å². The first-order valence-corrected chi connectivity index (χ1v) is 15.4. The molecule has 4 atom stereocenters. The minimum Gasteiger partial charge on any atom is -0.481 e. The molecule has 0 unspecified atom stereocenters. The molecule has 230 valence electrons. The summed E-state index contributed by atoms with van der Waals surface area (Å²) in [5.74, 6) is -3.20. The SMILES string of the molecule is CCC[C@H](C(=O)O)[C@@H](CCCc1ccc(-c2cccc(C)c2)cc1)C(=O)N[C@H](C(=O)N[C@H](C)c1ccccc1)C(C)(C)C. The first-order chi connectivity index (χ1) is 20.4. The Hall–Kier alpha value is -3.93. The van der Waals surface area contributed by atoms with Crippen LogP contribution in [-0.4, -0.2) is 28.9 Å². The van der Waals surface area contributed by atoms with Crippen molar-refractivity contribution in [3.05, 3.63) is 95.6 Å². The summed E-state index contributed by atoms with van der Waals surface area (Å²) in [6.07, 6.45) is 2.86. The van der Waals surface area contributed by atoms with Gasteiger partial charge in [-0.25, -0.2) is 0 Å². The first-order valence-electron chi connectivity index (χ1n) is 15.4. The van der Waals surface area contributed by atoms with E-state index in [1.54, 1.807) is 0 Å². The first kappa shape index (κ1) is 33.6. The highest BCUT2D eigenvalue weighted by molar-refractivity contribution is 5.91. The number of benzene rings is 3. The van der Waals surface area contributed by atoms with Crippen molar-refractivity contribution in [2.24, 2.45) is 17.3 Å². The number of rotatable bonds is 14. The minimum absolute atomic E-state index is 0.240. The lowest BCUT2D eigenvalue weighted by atomic mass is 9.81. The van der Waals surface area contributed by atoms with Crippen LogP contribution < -0.4 is 10.6 Å². The molecular weight excluding hydrogens is 536 g/mol. The molecule has 3 aromatic rings. The van der Waals surface area contributed by atoms with Crippen LogP contribution in [0, 0.1) is 24.2 Å². The average Bonchev–Trinajstić information content (AvgIpc) is 2.97. The fourth-order valence-electron chi connectivity index (χ4n) is 5.58. The average molecular weight is 585 g/mol. The molecule has 3 aromatic carbocycles. The van der Waals surface area contributed by atoms with Gasteiger partial charge in [-0.3, -0.25) is 14.4 Å². The zero-order chi connectivity index (χ0) is 31.6. The largest absolute Gasteiger partial charge is 0.481 e. The maximum absolute atomic E-state index is 13.8. The lowest BCUT2D eigenvalue weighted by Crippen LogP contribution is -2.56. The normalized spacial score (nSPS) is 14.3. The van der Waals surface area contributed by atoms with E-state index >= 15 is 0 Å². The summed E-state index contributed by atoms with van der Waals surface area (Å²) in [7, 11) is 0. The number of carboxylic acid groups (broad SMARTS) is 1. The van der Waals surface area contributed by atoms with E-state index in [1.165, 1.54) is 11.1 Å². The van der Waals surface area contributed by atoms with Gasteiger partial charge in [-0.1, -0.05) is 119 Å². The van der Waals surface area contributed by atoms with Crippen molar-refractivity contribution >= 4 is 17.8 Å². The van der Waals surface area contributed by atoms with Crippen LogP contribution in [0.2, 0.25) is 0 Å². The Morgan fingerprint density at radius 1 is 0.791 bits per heavy atom. The second-order valence-corrected chi connectivity index (χ2v) is 12.7. The number of nitrogens with one attached hydrogen (secondary N) is 2. The van der Waals surface area contributed by atoms with Gasteiger partial charge in [-0.05, 0) is 67.2 Å². The lowest BCUT2D eigenvalue weighted by molar-refractivity contribution is -0.148. The minimum atomic E-state index is -0.973. The predicted octanol–water partition coefficient (Wildman–Crippen LogP) is 7.51. The summed E-state index contributed by atoms with van der Waals surface area (Å²) < 4.78 is 0. The number of aliphatic carboxylic acids is 1. The van der Waals surface area contributed by atoms with Crippen molar-refractivity contribution in [3.8, 4) is 11.1 Å². The lowest BCUT2D eigenvalue weighted by Gasteiger charge is -2.33. The van der Waals surface area contributed by atoms with Gasteiger partial charge >= 0.3 is 5.97 Å². The Morgan fingerprint density at radius 2 is 1.47 bits per heavy atom. The molecule has 0 aromatic heterocycles. The second kappa shape index (κ2) is 15.5. The zero-order valence-electron chi connectivity index (χ0n) is 26.5. The number of carbonyl (C=O) groups is 3.